The summed E-state index contributed by atoms with van der Waals surface area (Å²) in [5.74, 6) is 0. The van der Waals surface area contributed by atoms with Crippen molar-refractivity contribution < 1.29 is 14.6 Å². The molecule has 0 aliphatic heterocycles. The van der Waals surface area contributed by atoms with Crippen LogP contribution in [0.1, 0.15) is 13.8 Å². The molecule has 0 aromatic heterocycles. The van der Waals surface area contributed by atoms with Crippen molar-refractivity contribution in [2.24, 2.45) is 0 Å². The Morgan fingerprint density at radius 3 is 2.67 bits per heavy atom. The van der Waals surface area contributed by atoms with Gasteiger partial charge in [-0.1, -0.05) is 0 Å². The van der Waals surface area contributed by atoms with Crippen LogP contribution in [0.5, 0.6) is 0 Å². The number of aliphatic hydroxyl groups excluding tert-OH is 1. The molecule has 0 saturated carbocycles. The summed E-state index contributed by atoms with van der Waals surface area (Å²) in [6.45, 7) is 3.04. The van der Waals surface area contributed by atoms with E-state index in [1.54, 1.807) is 13.8 Å². The quantitative estimate of drug-likeness (QED) is 0.524. The van der Waals surface area contributed by atoms with Crippen molar-refractivity contribution in [2.75, 3.05) is 6.79 Å². The van der Waals surface area contributed by atoms with Crippen molar-refractivity contribution in [1.82, 2.24) is 5.32 Å². The third-order valence-electron chi connectivity index (χ3n) is 0.602. The molecule has 54 valence electrons. The second-order valence-electron chi connectivity index (χ2n) is 1.86. The molecule has 9 heavy (non-hydrogen) atoms. The van der Waals surface area contributed by atoms with Crippen LogP contribution in [0.3, 0.4) is 0 Å². The molecular formula is C5H11NO3. The zero-order valence-electron chi connectivity index (χ0n) is 5.55. The number of rotatable bonds is 2. The van der Waals surface area contributed by atoms with Crippen LogP contribution in [0, 0.1) is 0 Å². The first-order chi connectivity index (χ1) is 4.16. The molecule has 0 unspecified atom stereocenters. The molecule has 0 saturated heterocycles. The van der Waals surface area contributed by atoms with Gasteiger partial charge in [0.2, 0.25) is 0 Å². The van der Waals surface area contributed by atoms with Gasteiger partial charge in [-0.05, 0) is 13.8 Å². The lowest BCUT2D eigenvalue weighted by atomic mass is 10.4. The summed E-state index contributed by atoms with van der Waals surface area (Å²) in [7, 11) is 0. The number of aliphatic hydroxyl groups is 1. The van der Waals surface area contributed by atoms with Crippen molar-refractivity contribution in [3.63, 3.8) is 0 Å². The summed E-state index contributed by atoms with van der Waals surface area (Å²) in [6.07, 6.45) is -0.590. The highest BCUT2D eigenvalue weighted by molar-refractivity contribution is 5.67. The van der Waals surface area contributed by atoms with Crippen molar-refractivity contribution in [3.8, 4) is 0 Å². The fraction of sp³-hybridized carbons (Fsp3) is 0.800. The Balaban J connectivity index is 3.27. The number of carbonyl (C=O) groups is 1. The minimum absolute atomic E-state index is 0.0454. The van der Waals surface area contributed by atoms with Crippen LogP contribution in [-0.2, 0) is 4.74 Å². The molecule has 0 aromatic carbocycles. The van der Waals surface area contributed by atoms with Crippen LogP contribution in [0.4, 0.5) is 4.79 Å². The fourth-order valence-electron chi connectivity index (χ4n) is 0.336. The first-order valence-electron chi connectivity index (χ1n) is 2.71. The van der Waals surface area contributed by atoms with E-state index in [1.165, 1.54) is 0 Å². The largest absolute Gasteiger partial charge is 0.423 e. The van der Waals surface area contributed by atoms with Crippen LogP contribution < -0.4 is 5.32 Å². The predicted molar refractivity (Wildman–Crippen MR) is 31.8 cm³/mol. The molecule has 0 rings (SSSR count). The highest BCUT2D eigenvalue weighted by atomic mass is 16.6. The zero-order chi connectivity index (χ0) is 7.28. The standard InChI is InChI=1S/C5H11NO3/c1-4(2)6-5(8)9-3-7/h4,7H,3H2,1-2H3,(H,6,8). The maximum absolute atomic E-state index is 10.4. The molecule has 0 aromatic rings. The number of hydrogen-bond acceptors (Lipinski definition) is 3. The normalized spacial score (nSPS) is 9.33. The number of amides is 1. The van der Waals surface area contributed by atoms with E-state index >= 15 is 0 Å². The summed E-state index contributed by atoms with van der Waals surface area (Å²) in [5, 5.41) is 10.5. The van der Waals surface area contributed by atoms with Crippen LogP contribution in [-0.4, -0.2) is 24.0 Å². The van der Waals surface area contributed by atoms with Gasteiger partial charge in [-0.3, -0.25) is 0 Å². The molecule has 0 aliphatic rings. The maximum Gasteiger partial charge on any atom is 0.409 e. The molecular weight excluding hydrogens is 122 g/mol. The van der Waals surface area contributed by atoms with Crippen molar-refractivity contribution in [3.05, 3.63) is 0 Å². The summed E-state index contributed by atoms with van der Waals surface area (Å²) in [4.78, 5) is 10.4. The lowest BCUT2D eigenvalue weighted by molar-refractivity contribution is 0.0433. The topological polar surface area (TPSA) is 58.6 Å². The average molecular weight is 133 g/mol. The zero-order valence-corrected chi connectivity index (χ0v) is 5.55. The van der Waals surface area contributed by atoms with E-state index in [1.807, 2.05) is 0 Å². The summed E-state index contributed by atoms with van der Waals surface area (Å²) in [6, 6.07) is 0.0454. The van der Waals surface area contributed by atoms with Crippen LogP contribution in [0.2, 0.25) is 0 Å². The molecule has 1 amide bonds. The van der Waals surface area contributed by atoms with Gasteiger partial charge in [0.1, 0.15) is 0 Å². The maximum atomic E-state index is 10.4. The van der Waals surface area contributed by atoms with Gasteiger partial charge in [-0.15, -0.1) is 0 Å². The van der Waals surface area contributed by atoms with Crippen LogP contribution in [0.25, 0.3) is 0 Å². The third-order valence-corrected chi connectivity index (χ3v) is 0.602. The van der Waals surface area contributed by atoms with Gasteiger partial charge in [0.15, 0.2) is 6.79 Å². The monoisotopic (exact) mass is 133 g/mol. The van der Waals surface area contributed by atoms with Gasteiger partial charge in [-0.2, -0.15) is 0 Å². The van der Waals surface area contributed by atoms with Crippen molar-refractivity contribution >= 4 is 6.09 Å². The minimum atomic E-state index is -0.590. The van der Waals surface area contributed by atoms with Gasteiger partial charge in [0.05, 0.1) is 0 Å². The molecule has 2 N–H and O–H groups in total. The number of nitrogens with one attached hydrogen (secondary N) is 1. The third kappa shape index (κ3) is 5.10. The minimum Gasteiger partial charge on any atom is -0.423 e. The van der Waals surface area contributed by atoms with E-state index < -0.39 is 12.9 Å². The Kier molecular flexibility index (Phi) is 3.79. The first-order valence-corrected chi connectivity index (χ1v) is 2.71. The van der Waals surface area contributed by atoms with Gasteiger partial charge < -0.3 is 15.2 Å². The van der Waals surface area contributed by atoms with E-state index in [0.29, 0.717) is 0 Å². The van der Waals surface area contributed by atoms with E-state index in [2.05, 4.69) is 10.1 Å². The molecule has 0 heterocycles. The molecule has 0 bridgehead atoms. The van der Waals surface area contributed by atoms with Gasteiger partial charge in [0.25, 0.3) is 0 Å². The Morgan fingerprint density at radius 2 is 2.33 bits per heavy atom. The van der Waals surface area contributed by atoms with E-state index in [4.69, 9.17) is 5.11 Å². The molecule has 0 radical (unpaired) electrons. The van der Waals surface area contributed by atoms with Crippen LogP contribution >= 0.6 is 0 Å². The average Bonchev–Trinajstić information content (AvgIpc) is 1.63. The summed E-state index contributed by atoms with van der Waals surface area (Å²) >= 11 is 0. The molecule has 0 aliphatic carbocycles. The van der Waals surface area contributed by atoms with Gasteiger partial charge >= 0.3 is 6.09 Å². The lowest BCUT2D eigenvalue weighted by Gasteiger charge is -2.06. The Bertz CT molecular complexity index is 92.2. The molecule has 0 spiro atoms. The molecule has 0 fully saturated rings. The second kappa shape index (κ2) is 4.14. The van der Waals surface area contributed by atoms with Gasteiger partial charge in [-0.25, -0.2) is 4.79 Å². The Labute approximate surface area is 53.8 Å². The number of alkyl carbamates (subject to hydrolysis) is 1. The molecule has 4 heteroatoms. The summed E-state index contributed by atoms with van der Waals surface area (Å²) in [5.41, 5.74) is 0. The molecule has 0 atom stereocenters. The van der Waals surface area contributed by atoms with Crippen LogP contribution in [0.15, 0.2) is 0 Å². The highest BCUT2D eigenvalue weighted by Gasteiger charge is 2.00. The van der Waals surface area contributed by atoms with Gasteiger partial charge in [0, 0.05) is 6.04 Å². The van der Waals surface area contributed by atoms with E-state index in [0.717, 1.165) is 0 Å². The number of ether oxygens (including phenoxy) is 1. The number of carbonyl (C=O) groups excluding carboxylic acids is 1. The predicted octanol–water partition coefficient (Wildman–Crippen LogP) is 0.0708. The smallest absolute Gasteiger partial charge is 0.409 e. The Hall–Kier alpha value is -0.770. The summed E-state index contributed by atoms with van der Waals surface area (Å²) < 4.78 is 4.16. The SMILES string of the molecule is CC(C)NC(=O)OCO. The highest BCUT2D eigenvalue weighted by Crippen LogP contribution is 1.79. The first kappa shape index (κ1) is 8.23. The number of hydrogen-bond donors (Lipinski definition) is 2. The molecule has 4 nitrogen and oxygen atoms in total. The van der Waals surface area contributed by atoms with Crippen molar-refractivity contribution in [2.45, 2.75) is 19.9 Å². The second-order valence-corrected chi connectivity index (χ2v) is 1.86. The van der Waals surface area contributed by atoms with E-state index in [-0.39, 0.29) is 6.04 Å². The van der Waals surface area contributed by atoms with Crippen molar-refractivity contribution in [1.29, 1.82) is 0 Å². The Morgan fingerprint density at radius 1 is 1.78 bits per heavy atom. The fourth-order valence-corrected chi connectivity index (χ4v) is 0.336. The van der Waals surface area contributed by atoms with E-state index in [9.17, 15) is 4.79 Å². The lowest BCUT2D eigenvalue weighted by Crippen LogP contribution is -2.30.